The van der Waals surface area contributed by atoms with E-state index < -0.39 is 10.0 Å². The quantitative estimate of drug-likeness (QED) is 0.858. The van der Waals surface area contributed by atoms with Gasteiger partial charge in [-0.05, 0) is 36.4 Å². The molecule has 0 saturated heterocycles. The lowest BCUT2D eigenvalue weighted by Gasteiger charge is -2.26. The minimum Gasteiger partial charge on any atom is -0.486 e. The molecule has 1 N–H and O–H groups in total. The molecule has 0 aromatic heterocycles. The first-order valence-corrected chi connectivity index (χ1v) is 9.90. The summed E-state index contributed by atoms with van der Waals surface area (Å²) >= 11 is 0. The van der Waals surface area contributed by atoms with Crippen LogP contribution in [-0.4, -0.2) is 46.9 Å². The number of sulfonamides is 1. The van der Waals surface area contributed by atoms with Gasteiger partial charge in [0.25, 0.3) is 5.91 Å². The highest BCUT2D eigenvalue weighted by Crippen LogP contribution is 2.30. The molecule has 1 aliphatic rings. The molecule has 1 atom stereocenters. The lowest BCUT2D eigenvalue weighted by atomic mass is 10.2. The van der Waals surface area contributed by atoms with Crippen LogP contribution in [0.3, 0.4) is 0 Å². The van der Waals surface area contributed by atoms with E-state index >= 15 is 0 Å². The van der Waals surface area contributed by atoms with E-state index in [-0.39, 0.29) is 12.0 Å². The minimum atomic E-state index is -3.34. The number of amides is 1. The minimum absolute atomic E-state index is 0.263. The number of hydrogen-bond acceptors (Lipinski definition) is 5. The van der Waals surface area contributed by atoms with E-state index in [9.17, 15) is 13.2 Å². The monoisotopic (exact) mass is 376 g/mol. The van der Waals surface area contributed by atoms with Crippen molar-refractivity contribution in [3.8, 4) is 11.5 Å². The van der Waals surface area contributed by atoms with Crippen LogP contribution in [0.5, 0.6) is 11.5 Å². The molecule has 2 aromatic carbocycles. The van der Waals surface area contributed by atoms with Crippen LogP contribution in [0.15, 0.2) is 48.5 Å². The number of anilines is 1. The summed E-state index contributed by atoms with van der Waals surface area (Å²) in [5, 5.41) is 2.80. The maximum absolute atomic E-state index is 12.3. The molecular weight excluding hydrogens is 356 g/mol. The van der Waals surface area contributed by atoms with Gasteiger partial charge in [0.1, 0.15) is 12.7 Å². The Balaban J connectivity index is 1.57. The molecule has 1 amide bonds. The number of nitrogens with zero attached hydrogens (tertiary/aromatic N) is 1. The van der Waals surface area contributed by atoms with Gasteiger partial charge in [-0.15, -0.1) is 0 Å². The van der Waals surface area contributed by atoms with E-state index in [1.165, 1.54) is 7.05 Å². The van der Waals surface area contributed by atoms with Gasteiger partial charge in [0.2, 0.25) is 10.0 Å². The molecule has 0 fully saturated rings. The van der Waals surface area contributed by atoms with Crippen molar-refractivity contribution in [3.05, 3.63) is 54.1 Å². The normalized spacial score (nSPS) is 16.0. The molecule has 1 aliphatic heterocycles. The van der Waals surface area contributed by atoms with Crippen molar-refractivity contribution >= 4 is 21.6 Å². The van der Waals surface area contributed by atoms with Gasteiger partial charge in [-0.25, -0.2) is 8.42 Å². The van der Waals surface area contributed by atoms with E-state index in [0.29, 0.717) is 35.9 Å². The summed E-state index contributed by atoms with van der Waals surface area (Å²) in [4.78, 5) is 12.3. The lowest BCUT2D eigenvalue weighted by Crippen LogP contribution is -2.40. The number of benzene rings is 2. The van der Waals surface area contributed by atoms with Crippen molar-refractivity contribution in [1.29, 1.82) is 0 Å². The molecule has 0 aliphatic carbocycles. The van der Waals surface area contributed by atoms with Crippen LogP contribution in [0.1, 0.15) is 10.4 Å². The highest BCUT2D eigenvalue weighted by atomic mass is 32.2. The third-order valence-corrected chi connectivity index (χ3v) is 5.25. The lowest BCUT2D eigenvalue weighted by molar-refractivity contribution is 0.0789. The first-order valence-electron chi connectivity index (χ1n) is 8.05. The smallest absolute Gasteiger partial charge is 0.251 e. The molecule has 0 saturated carbocycles. The van der Waals surface area contributed by atoms with Gasteiger partial charge in [-0.2, -0.15) is 0 Å². The Morgan fingerprint density at radius 3 is 2.46 bits per heavy atom. The fraction of sp³-hybridized carbons (Fsp3) is 0.278. The number of ether oxygens (including phenoxy) is 2. The molecule has 0 spiro atoms. The Bertz CT molecular complexity index is 896. The van der Waals surface area contributed by atoms with Gasteiger partial charge in [0.05, 0.1) is 18.5 Å². The van der Waals surface area contributed by atoms with Crippen LogP contribution in [0, 0.1) is 0 Å². The highest BCUT2D eigenvalue weighted by Gasteiger charge is 2.21. The van der Waals surface area contributed by atoms with Gasteiger partial charge in [-0.1, -0.05) is 12.1 Å². The maximum Gasteiger partial charge on any atom is 0.251 e. The van der Waals surface area contributed by atoms with Gasteiger partial charge < -0.3 is 14.8 Å². The third-order valence-electron chi connectivity index (χ3n) is 4.05. The Morgan fingerprint density at radius 2 is 1.81 bits per heavy atom. The zero-order valence-corrected chi connectivity index (χ0v) is 15.3. The van der Waals surface area contributed by atoms with Gasteiger partial charge in [0.15, 0.2) is 11.5 Å². The van der Waals surface area contributed by atoms with Crippen molar-refractivity contribution in [3.63, 3.8) is 0 Å². The summed E-state index contributed by atoms with van der Waals surface area (Å²) < 4.78 is 35.6. The second-order valence-electron chi connectivity index (χ2n) is 5.98. The van der Waals surface area contributed by atoms with Crippen molar-refractivity contribution in [2.24, 2.45) is 0 Å². The number of nitrogens with one attached hydrogen (secondary N) is 1. The standard InChI is InChI=1S/C18H20N2O5S/c1-20(26(2,22)23)14-9-7-13(8-10-14)18(21)19-11-15-12-24-16-5-3-4-6-17(16)25-15/h3-10,15H,11-12H2,1-2H3,(H,19,21)/t15-/m0/s1. The predicted molar refractivity (Wildman–Crippen MR) is 98.4 cm³/mol. The number of fused-ring (bicyclic) bond motifs is 1. The Hall–Kier alpha value is -2.74. The molecule has 1 heterocycles. The molecule has 138 valence electrons. The zero-order valence-electron chi connectivity index (χ0n) is 14.5. The van der Waals surface area contributed by atoms with Crippen molar-refractivity contribution in [2.75, 3.05) is 30.8 Å². The van der Waals surface area contributed by atoms with E-state index in [1.807, 2.05) is 24.3 Å². The third kappa shape index (κ3) is 4.08. The van der Waals surface area contributed by atoms with E-state index in [1.54, 1.807) is 24.3 Å². The predicted octanol–water partition coefficient (Wildman–Crippen LogP) is 1.65. The molecule has 7 nitrogen and oxygen atoms in total. The summed E-state index contributed by atoms with van der Waals surface area (Å²) in [6, 6.07) is 13.7. The molecule has 0 radical (unpaired) electrons. The molecule has 0 unspecified atom stereocenters. The fourth-order valence-electron chi connectivity index (χ4n) is 2.49. The van der Waals surface area contributed by atoms with Crippen LogP contribution >= 0.6 is 0 Å². The second kappa shape index (κ2) is 7.25. The van der Waals surface area contributed by atoms with Crippen LogP contribution in [0.2, 0.25) is 0 Å². The summed E-state index contributed by atoms with van der Waals surface area (Å²) in [5.74, 6) is 1.09. The average Bonchev–Trinajstić information content (AvgIpc) is 2.64. The van der Waals surface area contributed by atoms with Crippen LogP contribution in [-0.2, 0) is 10.0 Å². The molecule has 0 bridgehead atoms. The van der Waals surface area contributed by atoms with Crippen molar-refractivity contribution in [1.82, 2.24) is 5.32 Å². The van der Waals surface area contributed by atoms with Gasteiger partial charge in [0, 0.05) is 12.6 Å². The number of rotatable bonds is 5. The van der Waals surface area contributed by atoms with Crippen molar-refractivity contribution in [2.45, 2.75) is 6.10 Å². The van der Waals surface area contributed by atoms with Crippen LogP contribution < -0.4 is 19.1 Å². The van der Waals surface area contributed by atoms with Gasteiger partial charge in [-0.3, -0.25) is 9.10 Å². The largest absolute Gasteiger partial charge is 0.486 e. The first kappa shape index (κ1) is 18.1. The number of carbonyl (C=O) groups excluding carboxylic acids is 1. The summed E-state index contributed by atoms with van der Waals surface area (Å²) in [6.45, 7) is 0.660. The maximum atomic E-state index is 12.3. The summed E-state index contributed by atoms with van der Waals surface area (Å²) in [7, 11) is -1.87. The van der Waals surface area contributed by atoms with Gasteiger partial charge >= 0.3 is 0 Å². The van der Waals surface area contributed by atoms with E-state index in [2.05, 4.69) is 5.32 Å². The average molecular weight is 376 g/mol. The number of para-hydroxylation sites is 2. The zero-order chi connectivity index (χ0) is 18.7. The topological polar surface area (TPSA) is 84.9 Å². The summed E-state index contributed by atoms with van der Waals surface area (Å²) in [5.41, 5.74) is 0.928. The number of hydrogen-bond donors (Lipinski definition) is 1. The van der Waals surface area contributed by atoms with Crippen LogP contribution in [0.25, 0.3) is 0 Å². The Kier molecular flexibility index (Phi) is 5.03. The molecule has 8 heteroatoms. The SMILES string of the molecule is CN(c1ccc(C(=O)NC[C@H]2COc3ccccc3O2)cc1)S(C)(=O)=O. The highest BCUT2D eigenvalue weighted by molar-refractivity contribution is 7.92. The summed E-state index contributed by atoms with van der Waals surface area (Å²) in [6.07, 6.45) is 0.849. The number of carbonyl (C=O) groups is 1. The van der Waals surface area contributed by atoms with Crippen molar-refractivity contribution < 1.29 is 22.7 Å². The first-order chi connectivity index (χ1) is 12.3. The molecule has 26 heavy (non-hydrogen) atoms. The fourth-order valence-corrected chi connectivity index (χ4v) is 2.99. The molecule has 3 rings (SSSR count). The Labute approximate surface area is 152 Å². The molecular formula is C18H20N2O5S. The molecule has 2 aromatic rings. The van der Waals surface area contributed by atoms with E-state index in [4.69, 9.17) is 9.47 Å². The van der Waals surface area contributed by atoms with Crippen LogP contribution in [0.4, 0.5) is 5.69 Å². The second-order valence-corrected chi connectivity index (χ2v) is 8.00. The van der Waals surface area contributed by atoms with E-state index in [0.717, 1.165) is 10.6 Å². The Morgan fingerprint density at radius 1 is 1.15 bits per heavy atom.